The molecule has 0 aliphatic carbocycles. The number of ether oxygens (including phenoxy) is 1. The van der Waals surface area contributed by atoms with Crippen LogP contribution in [0.2, 0.25) is 0 Å². The van der Waals surface area contributed by atoms with Crippen molar-refractivity contribution in [1.29, 1.82) is 0 Å². The molecule has 0 spiro atoms. The molecular formula is C20H31N3O2. The number of nitrogens with zero attached hydrogens (tertiary/aromatic N) is 1. The number of likely N-dealkylation sites (tertiary alicyclic amines) is 1. The first-order valence-corrected chi connectivity index (χ1v) is 9.72. The Morgan fingerprint density at radius 1 is 1.04 bits per heavy atom. The number of rotatable bonds is 4. The lowest BCUT2D eigenvalue weighted by Gasteiger charge is -2.29. The Morgan fingerprint density at radius 2 is 1.64 bits per heavy atom. The molecule has 0 bridgehead atoms. The average molecular weight is 345 g/mol. The van der Waals surface area contributed by atoms with Gasteiger partial charge in [0.05, 0.1) is 0 Å². The van der Waals surface area contributed by atoms with Crippen molar-refractivity contribution in [2.45, 2.75) is 51.5 Å². The molecule has 1 atom stereocenters. The summed E-state index contributed by atoms with van der Waals surface area (Å²) in [6, 6.07) is 8.52. The van der Waals surface area contributed by atoms with Crippen molar-refractivity contribution in [3.8, 4) is 0 Å². The van der Waals surface area contributed by atoms with Crippen LogP contribution in [0, 0.1) is 5.92 Å². The van der Waals surface area contributed by atoms with Gasteiger partial charge in [-0.05, 0) is 62.8 Å². The molecule has 0 radical (unpaired) electrons. The second-order valence-corrected chi connectivity index (χ2v) is 7.29. The van der Waals surface area contributed by atoms with Gasteiger partial charge in [-0.15, -0.1) is 0 Å². The van der Waals surface area contributed by atoms with Gasteiger partial charge in [0.1, 0.15) is 0 Å². The monoisotopic (exact) mass is 345 g/mol. The normalized spacial score (nSPS) is 20.6. The highest BCUT2D eigenvalue weighted by atomic mass is 16.5. The van der Waals surface area contributed by atoms with Crippen LogP contribution in [0.15, 0.2) is 24.3 Å². The first kappa shape index (κ1) is 18.1. The molecule has 2 aliphatic heterocycles. The molecule has 138 valence electrons. The summed E-state index contributed by atoms with van der Waals surface area (Å²) in [5.41, 5.74) is 1.96. The summed E-state index contributed by atoms with van der Waals surface area (Å²) in [5, 5.41) is 6.61. The summed E-state index contributed by atoms with van der Waals surface area (Å²) in [4.78, 5) is 14.3. The van der Waals surface area contributed by atoms with Crippen LogP contribution < -0.4 is 10.6 Å². The lowest BCUT2D eigenvalue weighted by molar-refractivity contribution is 0.0622. The molecule has 2 amide bonds. The van der Waals surface area contributed by atoms with Gasteiger partial charge in [0.25, 0.3) is 0 Å². The Labute approximate surface area is 151 Å². The third-order valence-electron chi connectivity index (χ3n) is 5.40. The Hall–Kier alpha value is -1.75. The Morgan fingerprint density at radius 3 is 2.28 bits per heavy atom. The van der Waals surface area contributed by atoms with E-state index in [0.717, 1.165) is 63.4 Å². The average Bonchev–Trinajstić information content (AvgIpc) is 2.93. The van der Waals surface area contributed by atoms with Crippen LogP contribution in [-0.4, -0.2) is 43.3 Å². The molecule has 3 rings (SSSR count). The molecule has 0 saturated carbocycles. The summed E-state index contributed by atoms with van der Waals surface area (Å²) in [6.45, 7) is 5.73. The van der Waals surface area contributed by atoms with Gasteiger partial charge in [-0.3, -0.25) is 0 Å². The third kappa shape index (κ3) is 5.36. The van der Waals surface area contributed by atoms with E-state index in [2.05, 4.69) is 17.6 Å². The van der Waals surface area contributed by atoms with E-state index in [4.69, 9.17) is 4.74 Å². The highest BCUT2D eigenvalue weighted by Crippen LogP contribution is 2.23. The second kappa shape index (κ2) is 9.09. The molecule has 2 aliphatic rings. The van der Waals surface area contributed by atoms with Gasteiger partial charge in [0.15, 0.2) is 0 Å². The van der Waals surface area contributed by atoms with Crippen LogP contribution in [0.3, 0.4) is 0 Å². The zero-order valence-electron chi connectivity index (χ0n) is 15.3. The fraction of sp³-hybridized carbons (Fsp3) is 0.650. The minimum Gasteiger partial charge on any atom is -0.382 e. The van der Waals surface area contributed by atoms with E-state index in [9.17, 15) is 4.79 Å². The van der Waals surface area contributed by atoms with E-state index in [1.54, 1.807) is 0 Å². The van der Waals surface area contributed by atoms with Crippen LogP contribution >= 0.6 is 0 Å². The Kier molecular flexibility index (Phi) is 6.56. The fourth-order valence-electron chi connectivity index (χ4n) is 3.72. The highest BCUT2D eigenvalue weighted by molar-refractivity contribution is 5.89. The lowest BCUT2D eigenvalue weighted by atomic mass is 9.93. The molecule has 2 heterocycles. The minimum atomic E-state index is 0.0261. The van der Waals surface area contributed by atoms with Crippen molar-refractivity contribution >= 4 is 17.4 Å². The highest BCUT2D eigenvalue weighted by Gasteiger charge is 2.20. The van der Waals surface area contributed by atoms with Crippen LogP contribution in [0.1, 0.15) is 45.4 Å². The van der Waals surface area contributed by atoms with Crippen molar-refractivity contribution in [2.24, 2.45) is 5.92 Å². The molecule has 2 fully saturated rings. The van der Waals surface area contributed by atoms with Crippen molar-refractivity contribution in [2.75, 3.05) is 36.9 Å². The van der Waals surface area contributed by atoms with E-state index >= 15 is 0 Å². The molecule has 2 N–H and O–H groups in total. The van der Waals surface area contributed by atoms with Crippen LogP contribution in [0.5, 0.6) is 0 Å². The number of carbonyl (C=O) groups is 1. The smallest absolute Gasteiger partial charge is 0.321 e. The van der Waals surface area contributed by atoms with E-state index in [0.29, 0.717) is 12.0 Å². The van der Waals surface area contributed by atoms with Gasteiger partial charge in [0, 0.05) is 43.7 Å². The number of anilines is 2. The predicted molar refractivity (Wildman–Crippen MR) is 102 cm³/mol. The van der Waals surface area contributed by atoms with Crippen molar-refractivity contribution in [3.63, 3.8) is 0 Å². The zero-order chi connectivity index (χ0) is 17.5. The van der Waals surface area contributed by atoms with Crippen LogP contribution in [0.4, 0.5) is 16.2 Å². The molecule has 0 aromatic heterocycles. The Bertz CT molecular complexity index is 532. The molecule has 5 heteroatoms. The second-order valence-electron chi connectivity index (χ2n) is 7.29. The summed E-state index contributed by atoms with van der Waals surface area (Å²) in [6.07, 6.45) is 6.93. The van der Waals surface area contributed by atoms with Gasteiger partial charge >= 0.3 is 6.03 Å². The molecule has 1 aromatic rings. The van der Waals surface area contributed by atoms with Gasteiger partial charge < -0.3 is 20.3 Å². The quantitative estimate of drug-likeness (QED) is 0.854. The first-order chi connectivity index (χ1) is 12.2. The van der Waals surface area contributed by atoms with Gasteiger partial charge in [-0.2, -0.15) is 0 Å². The number of carbonyl (C=O) groups excluding carboxylic acids is 1. The standard InChI is InChI=1S/C20H31N3O2/c1-16(17-10-14-25-15-11-17)21-18-6-8-19(9-7-18)22-20(24)23-12-4-2-3-5-13-23/h6-9,16-17,21H,2-5,10-15H2,1H3,(H,22,24). The van der Waals surface area contributed by atoms with E-state index in [1.807, 2.05) is 29.2 Å². The molecule has 1 aromatic carbocycles. The van der Waals surface area contributed by atoms with E-state index < -0.39 is 0 Å². The maximum absolute atomic E-state index is 12.4. The summed E-state index contributed by atoms with van der Waals surface area (Å²) < 4.78 is 5.44. The lowest BCUT2D eigenvalue weighted by Crippen LogP contribution is -2.35. The number of amides is 2. The molecule has 2 saturated heterocycles. The van der Waals surface area contributed by atoms with Crippen molar-refractivity contribution < 1.29 is 9.53 Å². The van der Waals surface area contributed by atoms with Gasteiger partial charge in [-0.1, -0.05) is 12.8 Å². The summed E-state index contributed by atoms with van der Waals surface area (Å²) in [7, 11) is 0. The molecular weight excluding hydrogens is 314 g/mol. The molecule has 1 unspecified atom stereocenters. The molecule has 25 heavy (non-hydrogen) atoms. The SMILES string of the molecule is CC(Nc1ccc(NC(=O)N2CCCCCC2)cc1)C1CCOCC1. The predicted octanol–water partition coefficient (Wildman–Crippen LogP) is 4.32. The largest absolute Gasteiger partial charge is 0.382 e. The maximum Gasteiger partial charge on any atom is 0.321 e. The summed E-state index contributed by atoms with van der Waals surface area (Å²) >= 11 is 0. The van der Waals surface area contributed by atoms with E-state index in [1.165, 1.54) is 12.8 Å². The number of hydrogen-bond acceptors (Lipinski definition) is 3. The number of hydrogen-bond donors (Lipinski definition) is 2. The number of benzene rings is 1. The summed E-state index contributed by atoms with van der Waals surface area (Å²) in [5.74, 6) is 0.663. The zero-order valence-corrected chi connectivity index (χ0v) is 15.3. The fourth-order valence-corrected chi connectivity index (χ4v) is 3.72. The third-order valence-corrected chi connectivity index (χ3v) is 5.40. The van der Waals surface area contributed by atoms with Gasteiger partial charge in [0.2, 0.25) is 0 Å². The first-order valence-electron chi connectivity index (χ1n) is 9.72. The maximum atomic E-state index is 12.4. The number of nitrogens with one attached hydrogen (secondary N) is 2. The Balaban J connectivity index is 1.50. The van der Waals surface area contributed by atoms with Crippen LogP contribution in [0.25, 0.3) is 0 Å². The number of urea groups is 1. The van der Waals surface area contributed by atoms with Crippen molar-refractivity contribution in [3.05, 3.63) is 24.3 Å². The van der Waals surface area contributed by atoms with Crippen LogP contribution in [-0.2, 0) is 4.74 Å². The molecule has 5 nitrogen and oxygen atoms in total. The van der Waals surface area contributed by atoms with E-state index in [-0.39, 0.29) is 6.03 Å². The minimum absolute atomic E-state index is 0.0261. The topological polar surface area (TPSA) is 53.6 Å². The van der Waals surface area contributed by atoms with Crippen molar-refractivity contribution in [1.82, 2.24) is 4.90 Å². The van der Waals surface area contributed by atoms with Gasteiger partial charge in [-0.25, -0.2) is 4.79 Å².